The van der Waals surface area contributed by atoms with Gasteiger partial charge < -0.3 is 0 Å². The van der Waals surface area contributed by atoms with Crippen molar-refractivity contribution in [3.63, 3.8) is 0 Å². The monoisotopic (exact) mass is 476 g/mol. The summed E-state index contributed by atoms with van der Waals surface area (Å²) in [6.45, 7) is 2.15. The standard InChI is InChI=1S/C21H23ClF2N2O2S.ClH/c22-16-12-17(23)18(24)13-20(16)29(27,28)25-9-1-2-10-26-11-8-15-5-3-4-14-6-7-19(26)21(14)15;/h3-6,12-13,19,21,25H,1-2,7-11H2;1H. The molecule has 1 aromatic carbocycles. The third-order valence-electron chi connectivity index (χ3n) is 5.92. The van der Waals surface area contributed by atoms with Crippen LogP contribution in [0.3, 0.4) is 0 Å². The van der Waals surface area contributed by atoms with Crippen molar-refractivity contribution in [1.82, 2.24) is 9.62 Å². The van der Waals surface area contributed by atoms with Gasteiger partial charge in [0.15, 0.2) is 11.6 Å². The van der Waals surface area contributed by atoms with Gasteiger partial charge in [0.1, 0.15) is 4.90 Å². The van der Waals surface area contributed by atoms with Crippen LogP contribution in [0.15, 0.2) is 52.5 Å². The van der Waals surface area contributed by atoms with Gasteiger partial charge in [-0.05, 0) is 49.9 Å². The van der Waals surface area contributed by atoms with Crippen LogP contribution in [0.4, 0.5) is 8.78 Å². The van der Waals surface area contributed by atoms with E-state index in [0.717, 1.165) is 32.4 Å². The second kappa shape index (κ2) is 9.49. The molecule has 4 nitrogen and oxygen atoms in total. The molecule has 0 amide bonds. The Labute approximate surface area is 187 Å². The van der Waals surface area contributed by atoms with E-state index >= 15 is 0 Å². The van der Waals surface area contributed by atoms with Gasteiger partial charge in [-0.1, -0.05) is 41.5 Å². The molecule has 1 fully saturated rings. The quantitative estimate of drug-likeness (QED) is 0.461. The summed E-state index contributed by atoms with van der Waals surface area (Å²) < 4.78 is 53.6. The molecule has 0 bridgehead atoms. The van der Waals surface area contributed by atoms with E-state index in [1.54, 1.807) is 0 Å². The highest BCUT2D eigenvalue weighted by atomic mass is 35.5. The Balaban J connectivity index is 0.00000256. The Kier molecular flexibility index (Phi) is 7.40. The van der Waals surface area contributed by atoms with Crippen LogP contribution in [0.25, 0.3) is 0 Å². The number of allylic oxidation sites excluding steroid dienone is 3. The molecule has 4 rings (SSSR count). The zero-order valence-electron chi connectivity index (χ0n) is 16.3. The normalized spacial score (nSPS) is 22.9. The highest BCUT2D eigenvalue weighted by Gasteiger charge is 2.39. The number of nitrogens with one attached hydrogen (secondary N) is 1. The summed E-state index contributed by atoms with van der Waals surface area (Å²) in [4.78, 5) is 2.06. The zero-order chi connectivity index (χ0) is 20.6. The Morgan fingerprint density at radius 2 is 1.97 bits per heavy atom. The van der Waals surface area contributed by atoms with Gasteiger partial charge >= 0.3 is 0 Å². The van der Waals surface area contributed by atoms with E-state index in [4.69, 9.17) is 11.6 Å². The molecule has 0 radical (unpaired) electrons. The van der Waals surface area contributed by atoms with E-state index in [1.165, 1.54) is 11.1 Å². The Morgan fingerprint density at radius 1 is 1.20 bits per heavy atom. The van der Waals surface area contributed by atoms with Crippen molar-refractivity contribution in [2.24, 2.45) is 5.92 Å². The molecule has 30 heavy (non-hydrogen) atoms. The van der Waals surface area contributed by atoms with Crippen molar-refractivity contribution >= 4 is 34.0 Å². The summed E-state index contributed by atoms with van der Waals surface area (Å²) in [6, 6.07) is 1.80. The summed E-state index contributed by atoms with van der Waals surface area (Å²) in [5, 5.41) is -0.334. The molecule has 1 aliphatic heterocycles. The molecule has 1 heterocycles. The first-order valence-corrected chi connectivity index (χ1v) is 11.7. The predicted octanol–water partition coefficient (Wildman–Crippen LogP) is 4.62. The van der Waals surface area contributed by atoms with Crippen LogP contribution < -0.4 is 4.72 Å². The summed E-state index contributed by atoms with van der Waals surface area (Å²) in [5.41, 5.74) is 2.95. The fraction of sp³-hybridized carbons (Fsp3) is 0.429. The lowest BCUT2D eigenvalue weighted by Crippen LogP contribution is -2.45. The topological polar surface area (TPSA) is 49.4 Å². The van der Waals surface area contributed by atoms with E-state index in [1.807, 2.05) is 0 Å². The van der Waals surface area contributed by atoms with Crippen molar-refractivity contribution in [3.05, 3.63) is 64.2 Å². The van der Waals surface area contributed by atoms with E-state index < -0.39 is 26.6 Å². The molecule has 1 N–H and O–H groups in total. The fourth-order valence-corrected chi connectivity index (χ4v) is 6.11. The number of halogens is 4. The lowest BCUT2D eigenvalue weighted by atomic mass is 9.80. The van der Waals surface area contributed by atoms with Gasteiger partial charge in [-0.3, -0.25) is 4.90 Å². The molecular weight excluding hydrogens is 453 g/mol. The van der Waals surface area contributed by atoms with Gasteiger partial charge in [0.05, 0.1) is 5.02 Å². The number of nitrogens with zero attached hydrogens (tertiary/aromatic N) is 1. The maximum atomic E-state index is 13.4. The molecule has 0 saturated carbocycles. The Hall–Kier alpha value is -1.25. The van der Waals surface area contributed by atoms with Crippen LogP contribution in [0.2, 0.25) is 5.02 Å². The molecule has 1 saturated heterocycles. The average molecular weight is 477 g/mol. The summed E-state index contributed by atoms with van der Waals surface area (Å²) in [6.07, 6.45) is 12.6. The van der Waals surface area contributed by atoms with Crippen molar-refractivity contribution in [2.45, 2.75) is 36.6 Å². The van der Waals surface area contributed by atoms with Crippen molar-refractivity contribution in [2.75, 3.05) is 19.6 Å². The largest absolute Gasteiger partial charge is 0.299 e. The first-order valence-electron chi connectivity index (χ1n) is 9.82. The predicted molar refractivity (Wildman–Crippen MR) is 116 cm³/mol. The number of piperidine rings is 1. The van der Waals surface area contributed by atoms with Crippen molar-refractivity contribution < 1.29 is 17.2 Å². The van der Waals surface area contributed by atoms with Gasteiger partial charge in [0, 0.05) is 25.0 Å². The van der Waals surface area contributed by atoms with Crippen LogP contribution in [0.5, 0.6) is 0 Å². The van der Waals surface area contributed by atoms with Crippen molar-refractivity contribution in [3.8, 4) is 0 Å². The Morgan fingerprint density at radius 3 is 2.77 bits per heavy atom. The van der Waals surface area contributed by atoms with E-state index in [9.17, 15) is 17.2 Å². The number of unbranched alkanes of at least 4 members (excludes halogenated alkanes) is 1. The number of rotatable bonds is 7. The third-order valence-corrected chi connectivity index (χ3v) is 7.85. The minimum Gasteiger partial charge on any atom is -0.299 e. The molecular formula is C21H24Cl2F2N2O2S. The highest BCUT2D eigenvalue weighted by Crippen LogP contribution is 2.42. The van der Waals surface area contributed by atoms with Gasteiger partial charge in [0.25, 0.3) is 0 Å². The molecule has 0 aromatic heterocycles. The lowest BCUT2D eigenvalue weighted by Gasteiger charge is -2.41. The first-order chi connectivity index (χ1) is 13.9. The second-order valence-electron chi connectivity index (χ2n) is 7.67. The molecule has 2 unspecified atom stereocenters. The van der Waals surface area contributed by atoms with E-state index in [-0.39, 0.29) is 24.0 Å². The Bertz CT molecular complexity index is 1010. The smallest absolute Gasteiger partial charge is 0.242 e. The van der Waals surface area contributed by atoms with Crippen molar-refractivity contribution in [1.29, 1.82) is 0 Å². The molecule has 2 aliphatic carbocycles. The maximum absolute atomic E-state index is 13.4. The first kappa shape index (κ1) is 23.4. The third kappa shape index (κ3) is 4.65. The van der Waals surface area contributed by atoms with E-state index in [2.05, 4.69) is 33.9 Å². The number of likely N-dealkylation sites (tertiary alicyclic amines) is 1. The molecule has 0 spiro atoms. The molecule has 2 atom stereocenters. The van der Waals surface area contributed by atoms with Crippen LogP contribution >= 0.6 is 24.0 Å². The van der Waals surface area contributed by atoms with Gasteiger partial charge in [-0.25, -0.2) is 21.9 Å². The van der Waals surface area contributed by atoms with E-state index in [0.29, 0.717) is 30.5 Å². The van der Waals surface area contributed by atoms with Crippen LogP contribution in [0.1, 0.15) is 25.7 Å². The molecule has 3 aliphatic rings. The second-order valence-corrected chi connectivity index (χ2v) is 9.82. The minimum absolute atomic E-state index is 0. The fourth-order valence-electron chi connectivity index (χ4n) is 4.51. The number of sulfonamides is 1. The van der Waals surface area contributed by atoms with Crippen LogP contribution in [-0.2, 0) is 10.0 Å². The zero-order valence-corrected chi connectivity index (χ0v) is 18.7. The number of benzene rings is 1. The summed E-state index contributed by atoms with van der Waals surface area (Å²) >= 11 is 5.77. The summed E-state index contributed by atoms with van der Waals surface area (Å²) in [5.74, 6) is -1.90. The van der Waals surface area contributed by atoms with Gasteiger partial charge in [-0.2, -0.15) is 0 Å². The summed E-state index contributed by atoms with van der Waals surface area (Å²) in [7, 11) is -3.99. The average Bonchev–Trinajstić information content (AvgIpc) is 3.12. The molecule has 9 heteroatoms. The maximum Gasteiger partial charge on any atom is 0.242 e. The highest BCUT2D eigenvalue weighted by molar-refractivity contribution is 7.89. The van der Waals surface area contributed by atoms with Gasteiger partial charge in [-0.15, -0.1) is 12.4 Å². The minimum atomic E-state index is -3.99. The number of hydrogen-bond donors (Lipinski definition) is 1. The van der Waals surface area contributed by atoms with Crippen LogP contribution in [-0.4, -0.2) is 39.0 Å². The molecule has 1 aromatic rings. The SMILES string of the molecule is Cl.O=S(=O)(NCCCCN1CCC2=CC=CC3=CCC1C32)c1cc(F)c(F)cc1Cl. The number of hydrogen-bond acceptors (Lipinski definition) is 3. The van der Waals surface area contributed by atoms with Gasteiger partial charge in [0.2, 0.25) is 10.0 Å². The lowest BCUT2D eigenvalue weighted by molar-refractivity contribution is 0.149. The van der Waals surface area contributed by atoms with Crippen LogP contribution in [0, 0.1) is 17.6 Å². The molecule has 164 valence electrons.